The standard InChI is InChI=1S/2C5HF11O3S.C4H10O2/c2*6-1(7,2(8,9)4(12,13)14)3(10,11)5(15,16)20(17,18)19;5-3-1-2-4-6/h2*(H,17,18,19);5-6H,1-4H2. The molecule has 0 saturated heterocycles. The van der Waals surface area contributed by atoms with Gasteiger partial charge in [-0.1, -0.05) is 0 Å². The summed E-state index contributed by atoms with van der Waals surface area (Å²) in [6, 6.07) is 0. The van der Waals surface area contributed by atoms with Crippen LogP contribution in [-0.4, -0.2) is 108 Å². The van der Waals surface area contributed by atoms with Gasteiger partial charge in [-0.15, -0.1) is 0 Å². The molecule has 32 heteroatoms. The summed E-state index contributed by atoms with van der Waals surface area (Å²) in [6.45, 7) is 0.390. The van der Waals surface area contributed by atoms with Crippen molar-refractivity contribution in [1.82, 2.24) is 0 Å². The molecule has 0 aliphatic carbocycles. The largest absolute Gasteiger partial charge is 0.460 e. The highest BCUT2D eigenvalue weighted by molar-refractivity contribution is 7.87. The molecule has 0 saturated carbocycles. The van der Waals surface area contributed by atoms with E-state index in [2.05, 4.69) is 0 Å². The Labute approximate surface area is 238 Å². The van der Waals surface area contributed by atoms with Gasteiger partial charge in [-0.25, -0.2) is 0 Å². The lowest BCUT2D eigenvalue weighted by atomic mass is 10.0. The molecule has 0 fully saturated rings. The number of hydrogen-bond acceptors (Lipinski definition) is 6. The molecule has 0 bridgehead atoms. The third-order valence-corrected chi connectivity index (χ3v) is 6.04. The Morgan fingerprint density at radius 2 is 0.522 bits per heavy atom. The van der Waals surface area contributed by atoms with E-state index in [1.54, 1.807) is 0 Å². The van der Waals surface area contributed by atoms with Crippen LogP contribution in [-0.2, 0) is 20.2 Å². The first kappa shape index (κ1) is 48.6. The summed E-state index contributed by atoms with van der Waals surface area (Å²) in [5.41, 5.74) is 0. The summed E-state index contributed by atoms with van der Waals surface area (Å²) in [5.74, 6) is -46.6. The third-order valence-electron chi connectivity index (χ3n) is 4.23. The first-order valence-corrected chi connectivity index (χ1v) is 12.6. The summed E-state index contributed by atoms with van der Waals surface area (Å²) in [5, 5.41) is 1.59. The maximum Gasteiger partial charge on any atom is 0.460 e. The molecule has 0 heterocycles. The minimum absolute atomic E-state index is 0.195. The summed E-state index contributed by atoms with van der Waals surface area (Å²) in [6.07, 6.45) is -13.3. The lowest BCUT2D eigenvalue weighted by Gasteiger charge is -2.35. The number of unbranched alkanes of at least 4 members (excludes halogenated alkanes) is 1. The molecule has 46 heavy (non-hydrogen) atoms. The average Bonchev–Trinajstić information content (AvgIpc) is 2.79. The molecule has 0 amide bonds. The Balaban J connectivity index is -0.000000682. The molecule has 0 unspecified atom stereocenters. The highest BCUT2D eigenvalue weighted by atomic mass is 32.2. The monoisotopic (exact) mass is 790 g/mol. The van der Waals surface area contributed by atoms with Crippen molar-refractivity contribution in [3.05, 3.63) is 0 Å². The maximum atomic E-state index is 12.5. The van der Waals surface area contributed by atoms with Gasteiger partial charge < -0.3 is 10.2 Å². The zero-order valence-corrected chi connectivity index (χ0v) is 22.0. The third kappa shape index (κ3) is 8.61. The van der Waals surface area contributed by atoms with Crippen molar-refractivity contribution < 1.29 is 133 Å². The fraction of sp³-hybridized carbons (Fsp3) is 1.00. The van der Waals surface area contributed by atoms with E-state index in [0.717, 1.165) is 12.8 Å². The molecule has 0 aromatic heterocycles. The van der Waals surface area contributed by atoms with Gasteiger partial charge in [-0.3, -0.25) is 9.11 Å². The van der Waals surface area contributed by atoms with Crippen LogP contribution in [0.1, 0.15) is 12.8 Å². The van der Waals surface area contributed by atoms with Crippen LogP contribution in [0.25, 0.3) is 0 Å². The van der Waals surface area contributed by atoms with Gasteiger partial charge in [0.15, 0.2) is 0 Å². The predicted octanol–water partition coefficient (Wildman–Crippen LogP) is 5.62. The maximum absolute atomic E-state index is 12.5. The second-order valence-corrected chi connectivity index (χ2v) is 10.5. The molecule has 0 aromatic rings. The highest BCUT2D eigenvalue weighted by Gasteiger charge is 2.91. The van der Waals surface area contributed by atoms with Gasteiger partial charge in [0.05, 0.1) is 0 Å². The minimum atomic E-state index is -7.86. The molecule has 0 rings (SSSR count). The summed E-state index contributed by atoms with van der Waals surface area (Å²) < 4.78 is 321. The van der Waals surface area contributed by atoms with Crippen molar-refractivity contribution in [1.29, 1.82) is 0 Å². The van der Waals surface area contributed by atoms with Crippen LogP contribution < -0.4 is 0 Å². The minimum Gasteiger partial charge on any atom is -0.396 e. The topological polar surface area (TPSA) is 149 Å². The lowest BCUT2D eigenvalue weighted by molar-refractivity contribution is -0.413. The summed E-state index contributed by atoms with van der Waals surface area (Å²) in [4.78, 5) is 0. The second-order valence-electron chi connectivity index (χ2n) is 7.58. The van der Waals surface area contributed by atoms with Crippen LogP contribution in [0, 0.1) is 0 Å². The van der Waals surface area contributed by atoms with Crippen LogP contribution in [0.15, 0.2) is 0 Å². The van der Waals surface area contributed by atoms with Crippen molar-refractivity contribution >= 4 is 20.2 Å². The van der Waals surface area contributed by atoms with E-state index in [-0.39, 0.29) is 13.2 Å². The van der Waals surface area contributed by atoms with E-state index < -0.39 is 78.6 Å². The molecule has 282 valence electrons. The Morgan fingerprint density at radius 1 is 0.348 bits per heavy atom. The number of hydrogen-bond donors (Lipinski definition) is 4. The first-order valence-electron chi connectivity index (χ1n) is 9.73. The number of alkyl halides is 22. The molecule has 0 aliphatic heterocycles. The van der Waals surface area contributed by atoms with E-state index >= 15 is 0 Å². The van der Waals surface area contributed by atoms with Gasteiger partial charge in [0.1, 0.15) is 0 Å². The zero-order chi connectivity index (χ0) is 38.8. The van der Waals surface area contributed by atoms with Crippen LogP contribution in [0.2, 0.25) is 0 Å². The fourth-order valence-electron chi connectivity index (χ4n) is 1.66. The van der Waals surface area contributed by atoms with Crippen molar-refractivity contribution in [3.63, 3.8) is 0 Å². The molecule has 0 spiro atoms. The van der Waals surface area contributed by atoms with Crippen molar-refractivity contribution in [3.8, 4) is 0 Å². The normalized spacial score (nSPS) is 15.4. The van der Waals surface area contributed by atoms with Gasteiger partial charge in [-0.05, 0) is 12.8 Å². The first-order chi connectivity index (χ1) is 19.4. The van der Waals surface area contributed by atoms with Gasteiger partial charge in [0.2, 0.25) is 0 Å². The Hall–Kier alpha value is -1.80. The number of aliphatic hydroxyl groups excluding tert-OH is 2. The fourth-order valence-corrected chi connectivity index (χ4v) is 2.57. The molecule has 0 atom stereocenters. The smallest absolute Gasteiger partial charge is 0.396 e. The quantitative estimate of drug-likeness (QED) is 0.120. The molecule has 0 aliphatic rings. The van der Waals surface area contributed by atoms with Crippen LogP contribution in [0.5, 0.6) is 0 Å². The van der Waals surface area contributed by atoms with Crippen LogP contribution in [0.3, 0.4) is 0 Å². The van der Waals surface area contributed by atoms with E-state index in [1.807, 2.05) is 0 Å². The Morgan fingerprint density at radius 3 is 0.630 bits per heavy atom. The summed E-state index contributed by atoms with van der Waals surface area (Å²) in [7, 11) is -14.8. The highest BCUT2D eigenvalue weighted by Crippen LogP contribution is 2.59. The van der Waals surface area contributed by atoms with Crippen molar-refractivity contribution in [2.45, 2.75) is 71.2 Å². The molecular weight excluding hydrogens is 778 g/mol. The second kappa shape index (κ2) is 14.0. The molecular formula is C14H12F22O8S2. The van der Waals surface area contributed by atoms with E-state index in [9.17, 15) is 113 Å². The lowest BCUT2D eigenvalue weighted by Crippen LogP contribution is -2.67. The molecule has 0 aromatic carbocycles. The van der Waals surface area contributed by atoms with E-state index in [0.29, 0.717) is 0 Å². The average molecular weight is 790 g/mol. The van der Waals surface area contributed by atoms with Crippen molar-refractivity contribution in [2.24, 2.45) is 0 Å². The Kier molecular flexibility index (Phi) is 14.8. The molecule has 8 nitrogen and oxygen atoms in total. The van der Waals surface area contributed by atoms with Crippen molar-refractivity contribution in [2.75, 3.05) is 13.2 Å². The van der Waals surface area contributed by atoms with Gasteiger partial charge in [0, 0.05) is 13.2 Å². The zero-order valence-electron chi connectivity index (χ0n) is 20.4. The van der Waals surface area contributed by atoms with Crippen LogP contribution >= 0.6 is 0 Å². The summed E-state index contributed by atoms with van der Waals surface area (Å²) >= 11 is 0. The van der Waals surface area contributed by atoms with Gasteiger partial charge in [-0.2, -0.15) is 113 Å². The number of rotatable bonds is 11. The van der Waals surface area contributed by atoms with Gasteiger partial charge in [0.25, 0.3) is 0 Å². The predicted molar refractivity (Wildman–Crippen MR) is 98.2 cm³/mol. The number of aliphatic hydroxyl groups is 2. The molecule has 0 radical (unpaired) electrons. The van der Waals surface area contributed by atoms with E-state index in [4.69, 9.17) is 19.3 Å². The molecule has 4 N–H and O–H groups in total. The SMILES string of the molecule is O=S(=O)(O)C(F)(F)C(F)(F)C(F)(F)C(F)(F)C(F)(F)F.O=S(=O)(O)C(F)(F)C(F)(F)C(F)(F)C(F)(F)C(F)(F)F.OCCCCO. The van der Waals surface area contributed by atoms with Gasteiger partial charge >= 0.3 is 78.6 Å². The van der Waals surface area contributed by atoms with E-state index in [1.165, 1.54) is 0 Å². The Bertz CT molecular complexity index is 1110. The number of halogens is 22. The van der Waals surface area contributed by atoms with Crippen LogP contribution in [0.4, 0.5) is 96.6 Å².